The van der Waals surface area contributed by atoms with Crippen LogP contribution in [0.1, 0.15) is 5.56 Å². The average Bonchev–Trinajstić information content (AvgIpc) is 3.27. The quantitative estimate of drug-likeness (QED) is 0.318. The van der Waals surface area contributed by atoms with Gasteiger partial charge in [-0.15, -0.1) is 11.3 Å². The van der Waals surface area contributed by atoms with Gasteiger partial charge in [-0.3, -0.25) is 4.98 Å². The van der Waals surface area contributed by atoms with Gasteiger partial charge in [-0.25, -0.2) is 19.9 Å². The Kier molecular flexibility index (Phi) is 6.14. The molecule has 0 aliphatic heterocycles. The van der Waals surface area contributed by atoms with Crippen molar-refractivity contribution >= 4 is 38.9 Å². The van der Waals surface area contributed by atoms with Crippen LogP contribution in [-0.4, -0.2) is 37.5 Å². The van der Waals surface area contributed by atoms with Crippen LogP contribution < -0.4 is 16.4 Å². The van der Waals surface area contributed by atoms with Gasteiger partial charge < -0.3 is 16.4 Å². The maximum absolute atomic E-state index is 6.42. The molecular weight excluding hydrogens is 432 g/mol. The summed E-state index contributed by atoms with van der Waals surface area (Å²) >= 11 is 1.57. The molecule has 0 saturated heterocycles. The lowest BCUT2D eigenvalue weighted by Gasteiger charge is -2.15. The second kappa shape index (κ2) is 9.68. The fourth-order valence-electron chi connectivity index (χ4n) is 3.48. The molecule has 0 aliphatic carbocycles. The Morgan fingerprint density at radius 1 is 0.939 bits per heavy atom. The molecule has 164 valence electrons. The van der Waals surface area contributed by atoms with Crippen molar-refractivity contribution in [2.24, 2.45) is 5.73 Å². The first kappa shape index (κ1) is 20.9. The molecule has 1 aromatic carbocycles. The molecule has 4 N–H and O–H groups in total. The van der Waals surface area contributed by atoms with E-state index in [9.17, 15) is 0 Å². The van der Waals surface area contributed by atoms with Gasteiger partial charge in [0.1, 0.15) is 23.5 Å². The second-order valence-corrected chi connectivity index (χ2v) is 8.39. The van der Waals surface area contributed by atoms with Crippen LogP contribution in [0, 0.1) is 0 Å². The molecule has 4 heterocycles. The van der Waals surface area contributed by atoms with Crippen molar-refractivity contribution in [1.82, 2.24) is 24.9 Å². The third-order valence-corrected chi connectivity index (χ3v) is 6.05. The van der Waals surface area contributed by atoms with Gasteiger partial charge in [0.15, 0.2) is 5.82 Å². The molecule has 33 heavy (non-hydrogen) atoms. The molecule has 5 aromatic rings. The minimum atomic E-state index is -0.0552. The van der Waals surface area contributed by atoms with Gasteiger partial charge in [0.05, 0.1) is 10.4 Å². The van der Waals surface area contributed by atoms with Crippen molar-refractivity contribution in [2.75, 3.05) is 17.2 Å². The van der Waals surface area contributed by atoms with Crippen molar-refractivity contribution in [3.05, 3.63) is 84.4 Å². The van der Waals surface area contributed by atoms with Crippen LogP contribution in [0.15, 0.2) is 78.8 Å². The van der Waals surface area contributed by atoms with Crippen molar-refractivity contribution in [2.45, 2.75) is 12.5 Å². The number of fused-ring (bicyclic) bond motifs is 1. The Morgan fingerprint density at radius 2 is 1.76 bits per heavy atom. The van der Waals surface area contributed by atoms with Gasteiger partial charge in [0, 0.05) is 42.1 Å². The second-order valence-electron chi connectivity index (χ2n) is 7.51. The molecule has 1 atom stereocenters. The number of anilines is 3. The summed E-state index contributed by atoms with van der Waals surface area (Å²) in [6, 6.07) is 15.8. The molecule has 0 spiro atoms. The molecule has 0 amide bonds. The Balaban J connectivity index is 1.46. The summed E-state index contributed by atoms with van der Waals surface area (Å²) in [5.41, 5.74) is 10.2. The summed E-state index contributed by atoms with van der Waals surface area (Å²) in [7, 11) is 0. The number of hydrogen-bond acceptors (Lipinski definition) is 9. The van der Waals surface area contributed by atoms with Crippen LogP contribution in [-0.2, 0) is 6.42 Å². The van der Waals surface area contributed by atoms with Gasteiger partial charge in [0.25, 0.3) is 0 Å². The number of aromatic nitrogens is 5. The van der Waals surface area contributed by atoms with E-state index in [1.54, 1.807) is 29.9 Å². The summed E-state index contributed by atoms with van der Waals surface area (Å²) in [6.45, 7) is 0.587. The number of nitrogens with two attached hydrogens (primary N) is 1. The Labute approximate surface area is 195 Å². The van der Waals surface area contributed by atoms with Gasteiger partial charge in [-0.1, -0.05) is 30.3 Å². The number of rotatable bonds is 8. The number of pyridine rings is 1. The highest BCUT2D eigenvalue weighted by molar-refractivity contribution is 7.18. The minimum absolute atomic E-state index is 0.0552. The molecule has 5 rings (SSSR count). The Bertz CT molecular complexity index is 1330. The van der Waals surface area contributed by atoms with Crippen LogP contribution in [0.5, 0.6) is 0 Å². The van der Waals surface area contributed by atoms with E-state index in [1.165, 1.54) is 11.9 Å². The maximum Gasteiger partial charge on any atom is 0.162 e. The summed E-state index contributed by atoms with van der Waals surface area (Å²) in [6.07, 6.45) is 7.46. The first-order valence-electron chi connectivity index (χ1n) is 10.5. The number of hydrogen-bond donors (Lipinski definition) is 3. The van der Waals surface area contributed by atoms with Gasteiger partial charge in [0.2, 0.25) is 0 Å². The molecule has 0 saturated carbocycles. The van der Waals surface area contributed by atoms with Crippen LogP contribution in [0.25, 0.3) is 21.6 Å². The van der Waals surface area contributed by atoms with E-state index in [2.05, 4.69) is 37.7 Å². The van der Waals surface area contributed by atoms with Crippen LogP contribution in [0.3, 0.4) is 0 Å². The molecule has 0 aliphatic rings. The van der Waals surface area contributed by atoms with Gasteiger partial charge >= 0.3 is 0 Å². The zero-order valence-electron chi connectivity index (χ0n) is 17.7. The largest absolute Gasteiger partial charge is 0.367 e. The van der Waals surface area contributed by atoms with E-state index in [4.69, 9.17) is 15.7 Å². The number of thiophene rings is 1. The summed E-state index contributed by atoms with van der Waals surface area (Å²) in [4.78, 5) is 22.0. The van der Waals surface area contributed by atoms with Crippen LogP contribution in [0.4, 0.5) is 17.3 Å². The maximum atomic E-state index is 6.42. The summed E-state index contributed by atoms with van der Waals surface area (Å²) in [5.74, 6) is 2.08. The first-order chi connectivity index (χ1) is 16.3. The van der Waals surface area contributed by atoms with Gasteiger partial charge in [-0.2, -0.15) is 0 Å². The molecule has 4 aromatic heterocycles. The molecule has 0 fully saturated rings. The number of nitrogens with zero attached hydrogens (tertiary/aromatic N) is 5. The molecule has 0 bridgehead atoms. The highest BCUT2D eigenvalue weighted by atomic mass is 32.1. The van der Waals surface area contributed by atoms with Crippen LogP contribution in [0.2, 0.25) is 0 Å². The zero-order chi connectivity index (χ0) is 22.5. The minimum Gasteiger partial charge on any atom is -0.367 e. The SMILES string of the molecule is N[C@H](CNc1nc(-c2ccncc2)nc2c(Nc3ccncn3)csc12)Cc1ccccc1. The smallest absolute Gasteiger partial charge is 0.162 e. The van der Waals surface area contributed by atoms with E-state index in [1.807, 2.05) is 41.8 Å². The fraction of sp³-hybridized carbons (Fsp3) is 0.125. The van der Waals surface area contributed by atoms with E-state index >= 15 is 0 Å². The molecular formula is C24H22N8S. The molecule has 9 heteroatoms. The monoisotopic (exact) mass is 454 g/mol. The topological polar surface area (TPSA) is 115 Å². The van der Waals surface area contributed by atoms with Gasteiger partial charge in [-0.05, 0) is 30.2 Å². The normalized spacial score (nSPS) is 11.9. The van der Waals surface area contributed by atoms with E-state index < -0.39 is 0 Å². The van der Waals surface area contributed by atoms with Crippen molar-refractivity contribution in [3.8, 4) is 11.4 Å². The predicted molar refractivity (Wildman–Crippen MR) is 133 cm³/mol. The lowest BCUT2D eigenvalue weighted by atomic mass is 10.1. The zero-order valence-corrected chi connectivity index (χ0v) is 18.5. The Morgan fingerprint density at radius 3 is 2.55 bits per heavy atom. The van der Waals surface area contributed by atoms with Crippen LogP contribution >= 0.6 is 11.3 Å². The predicted octanol–water partition coefficient (Wildman–Crippen LogP) is 4.27. The number of benzene rings is 1. The third-order valence-electron chi connectivity index (χ3n) is 5.07. The lowest BCUT2D eigenvalue weighted by Crippen LogP contribution is -2.31. The standard InChI is InChI=1S/C24H22N8S/c25-18(12-16-4-2-1-3-5-16)13-28-24-22-21(31-23(32-24)17-6-9-26-10-7-17)19(14-33-22)30-20-8-11-27-15-29-20/h1-11,14-15,18H,12-13,25H2,(H,27,29,30)(H,28,31,32)/t18-/m0/s1. The number of nitrogens with one attached hydrogen (secondary N) is 2. The summed E-state index contributed by atoms with van der Waals surface area (Å²) in [5, 5.41) is 8.82. The van der Waals surface area contributed by atoms with Crippen molar-refractivity contribution in [1.29, 1.82) is 0 Å². The van der Waals surface area contributed by atoms with Crippen molar-refractivity contribution in [3.63, 3.8) is 0 Å². The highest BCUT2D eigenvalue weighted by Crippen LogP contribution is 2.36. The lowest BCUT2D eigenvalue weighted by molar-refractivity contribution is 0.698. The fourth-order valence-corrected chi connectivity index (χ4v) is 4.38. The van der Waals surface area contributed by atoms with Crippen molar-refractivity contribution < 1.29 is 0 Å². The van der Waals surface area contributed by atoms with E-state index in [0.29, 0.717) is 18.2 Å². The third kappa shape index (κ3) is 4.94. The first-order valence-corrected chi connectivity index (χ1v) is 11.4. The average molecular weight is 455 g/mol. The Hall–Kier alpha value is -3.95. The molecule has 8 nitrogen and oxygen atoms in total. The highest BCUT2D eigenvalue weighted by Gasteiger charge is 2.16. The summed E-state index contributed by atoms with van der Waals surface area (Å²) < 4.78 is 0.955. The molecule has 0 unspecified atom stereocenters. The van der Waals surface area contributed by atoms with E-state index in [0.717, 1.165) is 33.7 Å². The molecule has 0 radical (unpaired) electrons. The van der Waals surface area contributed by atoms with E-state index in [-0.39, 0.29) is 6.04 Å².